The second-order valence-corrected chi connectivity index (χ2v) is 5.91. The molecule has 0 radical (unpaired) electrons. The minimum absolute atomic E-state index is 0.0660. The summed E-state index contributed by atoms with van der Waals surface area (Å²) in [6.07, 6.45) is 0.900. The average molecular weight is 356 g/mol. The Balaban J connectivity index is 2.44. The topological polar surface area (TPSA) is 61.4 Å². The second kappa shape index (κ2) is 8.79. The first-order valence-electron chi connectivity index (χ1n) is 6.93. The summed E-state index contributed by atoms with van der Waals surface area (Å²) in [6, 6.07) is 5.73. The lowest BCUT2D eigenvalue weighted by atomic mass is 10.2. The van der Waals surface area contributed by atoms with Crippen molar-refractivity contribution in [2.45, 2.75) is 20.3 Å². The van der Waals surface area contributed by atoms with Crippen molar-refractivity contribution >= 4 is 33.4 Å². The Labute approximate surface area is 134 Å². The van der Waals surface area contributed by atoms with Crippen LogP contribution in [0.4, 0.5) is 5.69 Å². The summed E-state index contributed by atoms with van der Waals surface area (Å²) in [7, 11) is 1.75. The van der Waals surface area contributed by atoms with Gasteiger partial charge in [0.25, 0.3) is 0 Å². The first-order chi connectivity index (χ1) is 9.92. The number of likely N-dealkylation sites (N-methyl/N-ethyl adjacent to an activating group) is 1. The number of nitrogens with one attached hydrogen (secondary N) is 2. The van der Waals surface area contributed by atoms with E-state index in [1.807, 2.05) is 32.0 Å². The molecule has 1 rings (SSSR count). The predicted molar refractivity (Wildman–Crippen MR) is 88.3 cm³/mol. The first kappa shape index (κ1) is 17.7. The lowest BCUT2D eigenvalue weighted by molar-refractivity contribution is -0.122. The molecule has 0 aromatic heterocycles. The van der Waals surface area contributed by atoms with Crippen LogP contribution in [0.5, 0.6) is 0 Å². The quantitative estimate of drug-likeness (QED) is 0.787. The summed E-state index contributed by atoms with van der Waals surface area (Å²) in [4.78, 5) is 25.2. The van der Waals surface area contributed by atoms with Crippen molar-refractivity contribution in [1.82, 2.24) is 10.2 Å². The van der Waals surface area contributed by atoms with E-state index in [0.29, 0.717) is 6.54 Å². The Morgan fingerprint density at radius 1 is 1.24 bits per heavy atom. The molecular weight excluding hydrogens is 334 g/mol. The molecular formula is C15H22BrN3O2. The maximum atomic E-state index is 12.0. The Bertz CT molecular complexity index is 506. The fourth-order valence-electron chi connectivity index (χ4n) is 1.78. The van der Waals surface area contributed by atoms with Crippen LogP contribution < -0.4 is 10.6 Å². The molecule has 0 aliphatic heterocycles. The van der Waals surface area contributed by atoms with Crippen molar-refractivity contribution in [3.05, 3.63) is 28.2 Å². The molecule has 0 atom stereocenters. The van der Waals surface area contributed by atoms with Crippen LogP contribution in [-0.2, 0) is 9.59 Å². The van der Waals surface area contributed by atoms with Crippen molar-refractivity contribution in [1.29, 1.82) is 0 Å². The van der Waals surface area contributed by atoms with E-state index in [-0.39, 0.29) is 24.9 Å². The maximum Gasteiger partial charge on any atom is 0.238 e. The number of hydrogen-bond donors (Lipinski definition) is 2. The van der Waals surface area contributed by atoms with Crippen LogP contribution >= 0.6 is 15.9 Å². The number of benzene rings is 1. The van der Waals surface area contributed by atoms with Gasteiger partial charge in [-0.3, -0.25) is 14.5 Å². The Hall–Kier alpha value is -1.40. The summed E-state index contributed by atoms with van der Waals surface area (Å²) < 4.78 is 0.846. The van der Waals surface area contributed by atoms with Crippen molar-refractivity contribution in [2.24, 2.45) is 0 Å². The van der Waals surface area contributed by atoms with Gasteiger partial charge in [0.1, 0.15) is 0 Å². The number of aryl methyl sites for hydroxylation is 1. The number of hydrogen-bond acceptors (Lipinski definition) is 3. The molecule has 0 heterocycles. The summed E-state index contributed by atoms with van der Waals surface area (Å²) in [5, 5.41) is 5.61. The Kier molecular flexibility index (Phi) is 7.39. The zero-order valence-electron chi connectivity index (χ0n) is 12.7. The van der Waals surface area contributed by atoms with Gasteiger partial charge in [-0.05, 0) is 54.0 Å². The minimum Gasteiger partial charge on any atom is -0.355 e. The van der Waals surface area contributed by atoms with E-state index in [0.717, 1.165) is 22.1 Å². The molecule has 21 heavy (non-hydrogen) atoms. The molecule has 0 aliphatic carbocycles. The fraction of sp³-hybridized carbons (Fsp3) is 0.467. The van der Waals surface area contributed by atoms with E-state index >= 15 is 0 Å². The minimum atomic E-state index is -0.148. The normalized spacial score (nSPS) is 10.5. The van der Waals surface area contributed by atoms with Gasteiger partial charge in [-0.25, -0.2) is 0 Å². The van der Waals surface area contributed by atoms with Gasteiger partial charge in [-0.1, -0.05) is 13.0 Å². The standard InChI is InChI=1S/C15H22BrN3O2/c1-4-7-17-14(20)9-19(3)10-15(21)18-13-6-5-11(2)8-12(13)16/h5-6,8H,4,7,9-10H2,1-3H3,(H,17,20)(H,18,21). The Morgan fingerprint density at radius 3 is 2.52 bits per heavy atom. The van der Waals surface area contributed by atoms with Crippen molar-refractivity contribution in [3.8, 4) is 0 Å². The number of halogens is 1. The van der Waals surface area contributed by atoms with Crippen LogP contribution in [0.3, 0.4) is 0 Å². The highest BCUT2D eigenvalue weighted by Gasteiger charge is 2.11. The van der Waals surface area contributed by atoms with Crippen LogP contribution in [0.1, 0.15) is 18.9 Å². The lowest BCUT2D eigenvalue weighted by Crippen LogP contribution is -2.39. The lowest BCUT2D eigenvalue weighted by Gasteiger charge is -2.16. The third-order valence-corrected chi connectivity index (χ3v) is 3.45. The van der Waals surface area contributed by atoms with Gasteiger partial charge in [-0.15, -0.1) is 0 Å². The van der Waals surface area contributed by atoms with E-state index in [1.165, 1.54) is 0 Å². The third kappa shape index (κ3) is 6.73. The summed E-state index contributed by atoms with van der Waals surface area (Å²) >= 11 is 3.42. The average Bonchev–Trinajstić information content (AvgIpc) is 2.39. The van der Waals surface area contributed by atoms with Crippen molar-refractivity contribution < 1.29 is 9.59 Å². The molecule has 116 valence electrons. The first-order valence-corrected chi connectivity index (χ1v) is 7.73. The SMILES string of the molecule is CCCNC(=O)CN(C)CC(=O)Nc1ccc(C)cc1Br. The van der Waals surface area contributed by atoms with E-state index < -0.39 is 0 Å². The number of carbonyl (C=O) groups is 2. The smallest absolute Gasteiger partial charge is 0.238 e. The van der Waals surface area contributed by atoms with Gasteiger partial charge >= 0.3 is 0 Å². The van der Waals surface area contributed by atoms with Crippen LogP contribution in [0, 0.1) is 6.92 Å². The molecule has 6 heteroatoms. The zero-order valence-corrected chi connectivity index (χ0v) is 14.3. The molecule has 2 amide bonds. The number of amides is 2. The maximum absolute atomic E-state index is 12.0. The highest BCUT2D eigenvalue weighted by molar-refractivity contribution is 9.10. The number of nitrogens with zero attached hydrogens (tertiary/aromatic N) is 1. The van der Waals surface area contributed by atoms with Crippen LogP contribution in [-0.4, -0.2) is 43.4 Å². The molecule has 0 fully saturated rings. The summed E-state index contributed by atoms with van der Waals surface area (Å²) in [5.74, 6) is -0.214. The monoisotopic (exact) mass is 355 g/mol. The molecule has 0 unspecified atom stereocenters. The molecule has 0 bridgehead atoms. The molecule has 0 spiro atoms. The Morgan fingerprint density at radius 2 is 1.90 bits per heavy atom. The summed E-state index contributed by atoms with van der Waals surface area (Å²) in [5.41, 5.74) is 1.85. The molecule has 0 saturated heterocycles. The van der Waals surface area contributed by atoms with E-state index in [1.54, 1.807) is 11.9 Å². The van der Waals surface area contributed by atoms with Gasteiger partial charge in [-0.2, -0.15) is 0 Å². The number of carbonyl (C=O) groups excluding carboxylic acids is 2. The molecule has 1 aromatic rings. The van der Waals surface area contributed by atoms with E-state index in [9.17, 15) is 9.59 Å². The van der Waals surface area contributed by atoms with Gasteiger partial charge < -0.3 is 10.6 Å². The summed E-state index contributed by atoms with van der Waals surface area (Å²) in [6.45, 7) is 5.02. The predicted octanol–water partition coefficient (Wildman–Crippen LogP) is 2.15. The molecule has 1 aromatic carbocycles. The molecule has 0 aliphatic rings. The second-order valence-electron chi connectivity index (χ2n) is 5.05. The van der Waals surface area contributed by atoms with Gasteiger partial charge in [0.2, 0.25) is 11.8 Å². The van der Waals surface area contributed by atoms with Crippen LogP contribution in [0.25, 0.3) is 0 Å². The molecule has 2 N–H and O–H groups in total. The van der Waals surface area contributed by atoms with Gasteiger partial charge in [0, 0.05) is 11.0 Å². The van der Waals surface area contributed by atoms with Crippen molar-refractivity contribution in [3.63, 3.8) is 0 Å². The van der Waals surface area contributed by atoms with Crippen molar-refractivity contribution in [2.75, 3.05) is 32.0 Å². The molecule has 5 nitrogen and oxygen atoms in total. The number of rotatable bonds is 7. The van der Waals surface area contributed by atoms with E-state index in [4.69, 9.17) is 0 Å². The van der Waals surface area contributed by atoms with Crippen LogP contribution in [0.2, 0.25) is 0 Å². The fourth-order valence-corrected chi connectivity index (χ4v) is 2.37. The molecule has 0 saturated carbocycles. The third-order valence-electron chi connectivity index (χ3n) is 2.80. The largest absolute Gasteiger partial charge is 0.355 e. The highest BCUT2D eigenvalue weighted by atomic mass is 79.9. The van der Waals surface area contributed by atoms with Crippen LogP contribution in [0.15, 0.2) is 22.7 Å². The van der Waals surface area contributed by atoms with Gasteiger partial charge in [0.15, 0.2) is 0 Å². The zero-order chi connectivity index (χ0) is 15.8. The highest BCUT2D eigenvalue weighted by Crippen LogP contribution is 2.23. The van der Waals surface area contributed by atoms with Gasteiger partial charge in [0.05, 0.1) is 18.8 Å². The number of anilines is 1. The van der Waals surface area contributed by atoms with E-state index in [2.05, 4.69) is 26.6 Å².